The molecule has 1 unspecified atom stereocenters. The van der Waals surface area contributed by atoms with Crippen LogP contribution in [0, 0.1) is 11.3 Å². The van der Waals surface area contributed by atoms with Crippen LogP contribution in [0.3, 0.4) is 0 Å². The third kappa shape index (κ3) is 4.41. The van der Waals surface area contributed by atoms with Gasteiger partial charge >= 0.3 is 0 Å². The molecule has 0 radical (unpaired) electrons. The number of piperidine rings is 1. The fraction of sp³-hybridized carbons (Fsp3) is 0.571. The van der Waals surface area contributed by atoms with Crippen molar-refractivity contribution in [2.75, 3.05) is 39.4 Å². The number of rotatable bonds is 5. The van der Waals surface area contributed by atoms with Crippen LogP contribution in [-0.2, 0) is 24.9 Å². The second kappa shape index (κ2) is 8.82. The van der Waals surface area contributed by atoms with Gasteiger partial charge in [-0.1, -0.05) is 12.1 Å². The Hall–Kier alpha value is -2.27. The molecule has 28 heavy (non-hydrogen) atoms. The molecule has 0 aliphatic carbocycles. The number of ether oxygens (including phenoxy) is 1. The van der Waals surface area contributed by atoms with Crippen LogP contribution in [0.15, 0.2) is 24.3 Å². The molecule has 2 fully saturated rings. The molecule has 1 atom stereocenters. The van der Waals surface area contributed by atoms with Crippen molar-refractivity contribution in [3.63, 3.8) is 0 Å². The van der Waals surface area contributed by atoms with Crippen LogP contribution in [0.25, 0.3) is 0 Å². The van der Waals surface area contributed by atoms with E-state index in [-0.39, 0.29) is 0 Å². The van der Waals surface area contributed by atoms with Gasteiger partial charge in [-0.25, -0.2) is 0 Å². The van der Waals surface area contributed by atoms with Crippen LogP contribution < -0.4 is 0 Å². The van der Waals surface area contributed by atoms with Gasteiger partial charge in [0, 0.05) is 39.1 Å². The van der Waals surface area contributed by atoms with Crippen LogP contribution in [0.4, 0.5) is 0 Å². The molecule has 2 aliphatic rings. The second-order valence-corrected chi connectivity index (χ2v) is 7.80. The Morgan fingerprint density at radius 3 is 2.61 bits per heavy atom. The summed E-state index contributed by atoms with van der Waals surface area (Å²) in [6.07, 6.45) is 2.33. The summed E-state index contributed by atoms with van der Waals surface area (Å²) in [5, 5.41) is 18.0. The molecule has 4 rings (SSSR count). The lowest BCUT2D eigenvalue weighted by Gasteiger charge is -2.32. The van der Waals surface area contributed by atoms with Crippen molar-refractivity contribution in [3.05, 3.63) is 47.0 Å². The zero-order chi connectivity index (χ0) is 19.3. The molecule has 1 aromatic heterocycles. The molecule has 0 saturated carbocycles. The summed E-state index contributed by atoms with van der Waals surface area (Å²) in [6.45, 7) is 7.40. The number of nitriles is 1. The molecule has 7 heteroatoms. The van der Waals surface area contributed by atoms with Gasteiger partial charge in [-0.15, -0.1) is 10.2 Å². The summed E-state index contributed by atoms with van der Waals surface area (Å²) in [4.78, 5) is 4.88. The Balaban J connectivity index is 1.39. The number of likely N-dealkylation sites (tertiary alicyclic amines) is 1. The lowest BCUT2D eigenvalue weighted by Crippen LogP contribution is -2.36. The van der Waals surface area contributed by atoms with Gasteiger partial charge in [0.1, 0.15) is 11.6 Å². The topological polar surface area (TPSA) is 70.2 Å². The van der Waals surface area contributed by atoms with Crippen molar-refractivity contribution in [1.82, 2.24) is 24.6 Å². The Bertz CT molecular complexity index is 818. The summed E-state index contributed by atoms with van der Waals surface area (Å²) in [5.41, 5.74) is 1.97. The molecule has 0 spiro atoms. The fourth-order valence-electron chi connectivity index (χ4n) is 4.18. The largest absolute Gasteiger partial charge is 0.379 e. The van der Waals surface area contributed by atoms with Crippen molar-refractivity contribution >= 4 is 0 Å². The van der Waals surface area contributed by atoms with E-state index in [9.17, 15) is 0 Å². The van der Waals surface area contributed by atoms with Crippen molar-refractivity contribution < 1.29 is 4.74 Å². The normalized spacial score (nSPS) is 21.5. The number of aromatic nitrogens is 3. The maximum absolute atomic E-state index is 8.96. The number of hydrogen-bond donors (Lipinski definition) is 0. The summed E-state index contributed by atoms with van der Waals surface area (Å²) in [6, 6.07) is 10.1. The minimum Gasteiger partial charge on any atom is -0.379 e. The van der Waals surface area contributed by atoms with Crippen molar-refractivity contribution in [2.24, 2.45) is 7.05 Å². The highest BCUT2D eigenvalue weighted by molar-refractivity contribution is 5.31. The van der Waals surface area contributed by atoms with Crippen LogP contribution in [0.2, 0.25) is 0 Å². The van der Waals surface area contributed by atoms with E-state index in [0.717, 1.165) is 70.6 Å². The van der Waals surface area contributed by atoms with Gasteiger partial charge in [-0.2, -0.15) is 5.26 Å². The Kier molecular flexibility index (Phi) is 6.01. The molecular formula is C21H28N6O. The van der Waals surface area contributed by atoms with E-state index in [2.05, 4.69) is 49.8 Å². The van der Waals surface area contributed by atoms with E-state index in [0.29, 0.717) is 11.5 Å². The van der Waals surface area contributed by atoms with Crippen LogP contribution in [0.5, 0.6) is 0 Å². The van der Waals surface area contributed by atoms with E-state index in [4.69, 9.17) is 10.00 Å². The van der Waals surface area contributed by atoms with Gasteiger partial charge in [0.25, 0.3) is 0 Å². The van der Waals surface area contributed by atoms with E-state index >= 15 is 0 Å². The molecule has 7 nitrogen and oxygen atoms in total. The van der Waals surface area contributed by atoms with Gasteiger partial charge in [-0.3, -0.25) is 9.80 Å². The molecule has 0 amide bonds. The molecule has 0 N–H and O–H groups in total. The quantitative estimate of drug-likeness (QED) is 0.789. The number of hydrogen-bond acceptors (Lipinski definition) is 6. The fourth-order valence-corrected chi connectivity index (χ4v) is 4.18. The maximum atomic E-state index is 8.96. The zero-order valence-corrected chi connectivity index (χ0v) is 16.5. The van der Waals surface area contributed by atoms with Crippen LogP contribution in [-0.4, -0.2) is 64.0 Å². The minimum atomic E-state index is 0.420. The summed E-state index contributed by atoms with van der Waals surface area (Å²) < 4.78 is 7.64. The molecule has 1 aromatic carbocycles. The van der Waals surface area contributed by atoms with Gasteiger partial charge in [0.2, 0.25) is 0 Å². The minimum absolute atomic E-state index is 0.420. The van der Waals surface area contributed by atoms with E-state index in [1.54, 1.807) is 0 Å². The SMILES string of the molecule is Cn1c(CN2CCOCC2)nnc1C1CCCN(Cc2ccc(C#N)cc2)C1. The van der Waals surface area contributed by atoms with Crippen molar-refractivity contribution in [3.8, 4) is 6.07 Å². The number of nitrogens with zero attached hydrogens (tertiary/aromatic N) is 6. The maximum Gasteiger partial charge on any atom is 0.146 e. The predicted octanol–water partition coefficient (Wildman–Crippen LogP) is 1.90. The first-order valence-corrected chi connectivity index (χ1v) is 10.1. The lowest BCUT2D eigenvalue weighted by atomic mass is 9.96. The molecular weight excluding hydrogens is 352 g/mol. The third-order valence-corrected chi connectivity index (χ3v) is 5.83. The number of morpholine rings is 1. The first-order valence-electron chi connectivity index (χ1n) is 10.1. The average molecular weight is 380 g/mol. The van der Waals surface area contributed by atoms with Gasteiger partial charge in [0.15, 0.2) is 0 Å². The zero-order valence-electron chi connectivity index (χ0n) is 16.5. The first kappa shape index (κ1) is 19.1. The third-order valence-electron chi connectivity index (χ3n) is 5.83. The van der Waals surface area contributed by atoms with Gasteiger partial charge in [0.05, 0.1) is 31.4 Å². The Labute approximate surface area is 166 Å². The van der Waals surface area contributed by atoms with Crippen molar-refractivity contribution in [1.29, 1.82) is 5.26 Å². The smallest absolute Gasteiger partial charge is 0.146 e. The van der Waals surface area contributed by atoms with Crippen LogP contribution >= 0.6 is 0 Å². The van der Waals surface area contributed by atoms with E-state index in [1.807, 2.05) is 12.1 Å². The Morgan fingerprint density at radius 1 is 1.07 bits per heavy atom. The van der Waals surface area contributed by atoms with Gasteiger partial charge < -0.3 is 9.30 Å². The summed E-state index contributed by atoms with van der Waals surface area (Å²) in [5.74, 6) is 2.57. The molecule has 2 saturated heterocycles. The monoisotopic (exact) mass is 380 g/mol. The highest BCUT2D eigenvalue weighted by Gasteiger charge is 2.26. The first-order chi connectivity index (χ1) is 13.7. The lowest BCUT2D eigenvalue weighted by molar-refractivity contribution is 0.0326. The molecule has 2 aliphatic heterocycles. The standard InChI is InChI=1S/C21H28N6O/c1-25-20(16-26-9-11-28-12-10-26)23-24-21(25)19-3-2-8-27(15-19)14-18-6-4-17(13-22)5-7-18/h4-7,19H,2-3,8-12,14-16H2,1H3. The average Bonchev–Trinajstić information content (AvgIpc) is 3.10. The summed E-state index contributed by atoms with van der Waals surface area (Å²) in [7, 11) is 2.10. The molecule has 2 aromatic rings. The van der Waals surface area contributed by atoms with Crippen molar-refractivity contribution in [2.45, 2.75) is 31.8 Å². The highest BCUT2D eigenvalue weighted by atomic mass is 16.5. The van der Waals surface area contributed by atoms with E-state index < -0.39 is 0 Å². The molecule has 148 valence electrons. The Morgan fingerprint density at radius 2 is 1.86 bits per heavy atom. The summed E-state index contributed by atoms with van der Waals surface area (Å²) >= 11 is 0. The molecule has 3 heterocycles. The van der Waals surface area contributed by atoms with Gasteiger partial charge in [-0.05, 0) is 37.1 Å². The predicted molar refractivity (Wildman–Crippen MR) is 106 cm³/mol. The highest BCUT2D eigenvalue weighted by Crippen LogP contribution is 2.27. The second-order valence-electron chi connectivity index (χ2n) is 7.80. The molecule has 0 bridgehead atoms. The number of benzene rings is 1. The van der Waals surface area contributed by atoms with E-state index in [1.165, 1.54) is 12.0 Å². The van der Waals surface area contributed by atoms with Crippen LogP contribution in [0.1, 0.15) is 41.5 Å².